The molecule has 0 radical (unpaired) electrons. The molecule has 1 saturated heterocycles. The highest BCUT2D eigenvalue weighted by Crippen LogP contribution is 2.37. The quantitative estimate of drug-likeness (QED) is 0.447. The molecule has 0 aliphatic carbocycles. The summed E-state index contributed by atoms with van der Waals surface area (Å²) < 4.78 is 16.3. The number of piperidine rings is 1. The van der Waals surface area contributed by atoms with Gasteiger partial charge in [0.25, 0.3) is 0 Å². The summed E-state index contributed by atoms with van der Waals surface area (Å²) in [5, 5.41) is 38.8. The summed E-state index contributed by atoms with van der Waals surface area (Å²) in [5.41, 5.74) is 1.58. The van der Waals surface area contributed by atoms with Crippen LogP contribution in [0.4, 0.5) is 32.3 Å². The molecule has 1 aliphatic rings. The Morgan fingerprint density at radius 3 is 2.81 bits per heavy atom. The van der Waals surface area contributed by atoms with Crippen LogP contribution in [0.5, 0.6) is 0 Å². The predicted molar refractivity (Wildman–Crippen MR) is 130 cm³/mol. The molecule has 1 aromatic carbocycles. The summed E-state index contributed by atoms with van der Waals surface area (Å²) >= 11 is 6.69. The number of nitriles is 2. The van der Waals surface area contributed by atoms with Crippen molar-refractivity contribution in [3.63, 3.8) is 0 Å². The molecule has 2 aromatic heterocycles. The van der Waals surface area contributed by atoms with Crippen molar-refractivity contribution in [2.75, 3.05) is 42.2 Å². The lowest BCUT2D eigenvalue weighted by Crippen LogP contribution is -2.52. The standard InChI is InChI=1S/C22H22ClFN10O2/c1-3-27-19-20-28-10-13(9-26)34(20)31-21(30-19)29-15-6-12(8-25)7-17(18(15)23)33-5-4-16(14(24)11-33)32(2)22(35)36/h6-7,10,14,16H,3-5,11H2,1-2H3,(H,35,36)(H2,27,29,30,31)/t14-,16+/m1/s1. The minimum atomic E-state index is -1.45. The minimum absolute atomic E-state index is 0.0933. The van der Waals surface area contributed by atoms with Gasteiger partial charge in [0.1, 0.15) is 12.2 Å². The third kappa shape index (κ3) is 4.61. The van der Waals surface area contributed by atoms with Crippen LogP contribution < -0.4 is 15.5 Å². The Balaban J connectivity index is 1.69. The lowest BCUT2D eigenvalue weighted by Gasteiger charge is -2.39. The van der Waals surface area contributed by atoms with Crippen LogP contribution in [-0.2, 0) is 0 Å². The third-order valence-corrected chi connectivity index (χ3v) is 6.29. The van der Waals surface area contributed by atoms with E-state index in [2.05, 4.69) is 31.8 Å². The number of alkyl halides is 1. The van der Waals surface area contributed by atoms with Gasteiger partial charge in [-0.3, -0.25) is 0 Å². The van der Waals surface area contributed by atoms with Crippen molar-refractivity contribution >= 4 is 46.5 Å². The average Bonchev–Trinajstić information content (AvgIpc) is 3.28. The van der Waals surface area contributed by atoms with Crippen LogP contribution >= 0.6 is 11.6 Å². The molecular weight excluding hydrogens is 491 g/mol. The number of hydrogen-bond acceptors (Lipinski definition) is 9. The first-order chi connectivity index (χ1) is 17.3. The Labute approximate surface area is 210 Å². The zero-order valence-electron chi connectivity index (χ0n) is 19.4. The molecule has 3 heterocycles. The van der Waals surface area contributed by atoms with E-state index in [0.717, 1.165) is 4.90 Å². The number of benzene rings is 1. The number of hydrogen-bond donors (Lipinski definition) is 3. The summed E-state index contributed by atoms with van der Waals surface area (Å²) in [6, 6.07) is 6.39. The fraction of sp³-hybridized carbons (Fsp3) is 0.364. The van der Waals surface area contributed by atoms with Crippen molar-refractivity contribution in [3.8, 4) is 12.1 Å². The van der Waals surface area contributed by atoms with Crippen molar-refractivity contribution in [2.45, 2.75) is 25.6 Å². The first-order valence-corrected chi connectivity index (χ1v) is 11.4. The Kier molecular flexibility index (Phi) is 6.94. The van der Waals surface area contributed by atoms with Crippen molar-refractivity contribution in [1.29, 1.82) is 10.5 Å². The second-order valence-electron chi connectivity index (χ2n) is 8.11. The Bertz CT molecular complexity index is 1400. The van der Waals surface area contributed by atoms with E-state index in [4.69, 9.17) is 11.6 Å². The first-order valence-electron chi connectivity index (χ1n) is 11.0. The fourth-order valence-corrected chi connectivity index (χ4v) is 4.38. The predicted octanol–water partition coefficient (Wildman–Crippen LogP) is 3.22. The van der Waals surface area contributed by atoms with Gasteiger partial charge in [0, 0.05) is 20.1 Å². The molecule has 3 aromatic rings. The van der Waals surface area contributed by atoms with Crippen LogP contribution in [0, 0.1) is 22.7 Å². The zero-order chi connectivity index (χ0) is 26.0. The molecule has 186 valence electrons. The van der Waals surface area contributed by atoms with Gasteiger partial charge in [-0.15, -0.1) is 5.10 Å². The molecule has 36 heavy (non-hydrogen) atoms. The smallest absolute Gasteiger partial charge is 0.407 e. The van der Waals surface area contributed by atoms with Gasteiger partial charge in [0.2, 0.25) is 5.95 Å². The van der Waals surface area contributed by atoms with Crippen molar-refractivity contribution in [3.05, 3.63) is 34.6 Å². The van der Waals surface area contributed by atoms with Crippen molar-refractivity contribution in [1.82, 2.24) is 24.5 Å². The molecule has 0 bridgehead atoms. The van der Waals surface area contributed by atoms with E-state index < -0.39 is 18.3 Å². The summed E-state index contributed by atoms with van der Waals surface area (Å²) in [5.74, 6) is 0.496. The van der Waals surface area contributed by atoms with Crippen LogP contribution in [-0.4, -0.2) is 74.6 Å². The lowest BCUT2D eigenvalue weighted by molar-refractivity contribution is 0.0950. The minimum Gasteiger partial charge on any atom is -0.465 e. The van der Waals surface area contributed by atoms with E-state index in [9.17, 15) is 24.8 Å². The number of carbonyl (C=O) groups is 1. The molecular formula is C22H22ClFN10O2. The van der Waals surface area contributed by atoms with Crippen molar-refractivity contribution in [2.24, 2.45) is 0 Å². The Hall–Kier alpha value is -4.36. The number of nitrogens with one attached hydrogen (secondary N) is 2. The highest BCUT2D eigenvalue weighted by Gasteiger charge is 2.35. The number of carboxylic acid groups (broad SMARTS) is 1. The summed E-state index contributed by atoms with van der Waals surface area (Å²) in [6.45, 7) is 2.68. The van der Waals surface area contributed by atoms with Crippen LogP contribution in [0.25, 0.3) is 5.65 Å². The number of halogens is 2. The van der Waals surface area contributed by atoms with Gasteiger partial charge in [0.15, 0.2) is 17.2 Å². The van der Waals surface area contributed by atoms with E-state index in [1.54, 1.807) is 11.0 Å². The number of rotatable bonds is 6. The number of nitrogens with zero attached hydrogens (tertiary/aromatic N) is 8. The number of aromatic nitrogens is 4. The topological polar surface area (TPSA) is 158 Å². The number of amides is 1. The van der Waals surface area contributed by atoms with Crippen molar-refractivity contribution < 1.29 is 14.3 Å². The van der Waals surface area contributed by atoms with E-state index in [-0.39, 0.29) is 35.2 Å². The highest BCUT2D eigenvalue weighted by atomic mass is 35.5. The van der Waals surface area contributed by atoms with Crippen LogP contribution in [0.2, 0.25) is 5.02 Å². The van der Waals surface area contributed by atoms with E-state index in [1.165, 1.54) is 23.8 Å². The largest absolute Gasteiger partial charge is 0.465 e. The molecule has 12 nitrogen and oxygen atoms in total. The summed E-state index contributed by atoms with van der Waals surface area (Å²) in [4.78, 5) is 22.5. The van der Waals surface area contributed by atoms with Gasteiger partial charge >= 0.3 is 6.09 Å². The molecule has 0 saturated carbocycles. The Morgan fingerprint density at radius 2 is 2.17 bits per heavy atom. The second-order valence-corrected chi connectivity index (χ2v) is 8.49. The van der Waals surface area contributed by atoms with Gasteiger partial charge in [-0.2, -0.15) is 20.0 Å². The monoisotopic (exact) mass is 512 g/mol. The molecule has 1 amide bonds. The van der Waals surface area contributed by atoms with E-state index in [0.29, 0.717) is 35.9 Å². The van der Waals surface area contributed by atoms with Crippen LogP contribution in [0.1, 0.15) is 24.6 Å². The maximum atomic E-state index is 14.9. The molecule has 0 unspecified atom stereocenters. The third-order valence-electron chi connectivity index (χ3n) is 5.90. The van der Waals surface area contributed by atoms with Gasteiger partial charge in [-0.1, -0.05) is 11.6 Å². The molecule has 0 spiro atoms. The Morgan fingerprint density at radius 1 is 1.39 bits per heavy atom. The van der Waals surface area contributed by atoms with Gasteiger partial charge in [0.05, 0.1) is 46.8 Å². The second kappa shape index (κ2) is 10.1. The van der Waals surface area contributed by atoms with E-state index >= 15 is 0 Å². The van der Waals surface area contributed by atoms with Gasteiger partial charge in [-0.25, -0.2) is 14.2 Å². The van der Waals surface area contributed by atoms with Crippen LogP contribution in [0.3, 0.4) is 0 Å². The molecule has 14 heteroatoms. The summed E-state index contributed by atoms with van der Waals surface area (Å²) in [7, 11) is 1.34. The maximum absolute atomic E-state index is 14.9. The zero-order valence-corrected chi connectivity index (χ0v) is 20.2. The van der Waals surface area contributed by atoms with Crippen LogP contribution in [0.15, 0.2) is 18.3 Å². The van der Waals surface area contributed by atoms with E-state index in [1.807, 2.05) is 13.0 Å². The average molecular weight is 513 g/mol. The molecule has 3 N–H and O–H groups in total. The number of anilines is 4. The van der Waals surface area contributed by atoms with Gasteiger partial charge < -0.3 is 25.5 Å². The number of imidazole rings is 1. The molecule has 2 atom stereocenters. The maximum Gasteiger partial charge on any atom is 0.407 e. The molecule has 1 fully saturated rings. The fourth-order valence-electron chi connectivity index (χ4n) is 4.10. The normalized spacial score (nSPS) is 17.3. The SMILES string of the molecule is CCNc1nc(Nc2cc(C#N)cc(N3CC[C@H](N(C)C(=O)O)[C@H](F)C3)c2Cl)nn2c(C#N)cnc12. The first kappa shape index (κ1) is 24.8. The molecule has 4 rings (SSSR count). The number of fused-ring (bicyclic) bond motifs is 1. The van der Waals surface area contributed by atoms with Gasteiger partial charge in [-0.05, 0) is 25.5 Å². The molecule has 1 aliphatic heterocycles. The summed E-state index contributed by atoms with van der Waals surface area (Å²) in [6.07, 6.45) is -1.01. The highest BCUT2D eigenvalue weighted by molar-refractivity contribution is 6.36. The lowest BCUT2D eigenvalue weighted by atomic mass is 10.0.